The van der Waals surface area contributed by atoms with Crippen LogP contribution in [0.3, 0.4) is 0 Å². The maximum Gasteiger partial charge on any atom is 0.258 e. The van der Waals surface area contributed by atoms with E-state index in [9.17, 15) is 18.0 Å². The van der Waals surface area contributed by atoms with Crippen molar-refractivity contribution in [2.45, 2.75) is 31.5 Å². The zero-order valence-corrected chi connectivity index (χ0v) is 17.3. The third-order valence-electron chi connectivity index (χ3n) is 4.76. The van der Waals surface area contributed by atoms with E-state index in [1.165, 1.54) is 12.1 Å². The van der Waals surface area contributed by atoms with Gasteiger partial charge in [0.25, 0.3) is 5.91 Å². The first kappa shape index (κ1) is 23.1. The van der Waals surface area contributed by atoms with E-state index >= 15 is 0 Å². The van der Waals surface area contributed by atoms with Gasteiger partial charge in [0, 0.05) is 24.2 Å². The molecule has 1 aliphatic rings. The SMILES string of the molecule is NC(CC(N)c1cc(F)cc(F)c1)NC(=NCC1CC1)NC(=O)c1ccc(Cl)c(F)c1. The van der Waals surface area contributed by atoms with Crippen molar-refractivity contribution in [3.63, 3.8) is 0 Å². The van der Waals surface area contributed by atoms with Gasteiger partial charge in [-0.05, 0) is 61.1 Å². The Kier molecular flexibility index (Phi) is 7.53. The maximum atomic E-state index is 13.7. The molecule has 0 bridgehead atoms. The fourth-order valence-corrected chi connectivity index (χ4v) is 3.01. The van der Waals surface area contributed by atoms with Crippen molar-refractivity contribution < 1.29 is 18.0 Å². The Bertz CT molecular complexity index is 963. The highest BCUT2D eigenvalue weighted by Gasteiger charge is 2.22. The van der Waals surface area contributed by atoms with Crippen molar-refractivity contribution in [2.24, 2.45) is 22.4 Å². The Morgan fingerprint density at radius 1 is 1.13 bits per heavy atom. The lowest BCUT2D eigenvalue weighted by Gasteiger charge is -2.21. The van der Waals surface area contributed by atoms with Crippen LogP contribution in [0.4, 0.5) is 13.2 Å². The van der Waals surface area contributed by atoms with E-state index in [1.807, 2.05) is 0 Å². The fraction of sp³-hybridized carbons (Fsp3) is 0.333. The Morgan fingerprint density at radius 3 is 2.42 bits per heavy atom. The van der Waals surface area contributed by atoms with Crippen molar-refractivity contribution in [2.75, 3.05) is 6.54 Å². The minimum Gasteiger partial charge on any atom is -0.341 e. The van der Waals surface area contributed by atoms with Crippen molar-refractivity contribution in [3.8, 4) is 0 Å². The molecular formula is C21H23ClF3N5O. The molecule has 0 aliphatic heterocycles. The van der Waals surface area contributed by atoms with Crippen LogP contribution in [0.25, 0.3) is 0 Å². The average molecular weight is 454 g/mol. The third kappa shape index (κ3) is 6.95. The van der Waals surface area contributed by atoms with Gasteiger partial charge in [-0.1, -0.05) is 11.6 Å². The molecule has 1 saturated carbocycles. The number of amides is 1. The van der Waals surface area contributed by atoms with E-state index < -0.39 is 35.6 Å². The lowest BCUT2D eigenvalue weighted by molar-refractivity contribution is 0.0975. The second-order valence-electron chi connectivity index (χ2n) is 7.51. The standard InChI is InChI=1S/C21H23ClF3N5O/c22-16-4-3-12(7-17(16)25)20(31)30-21(28-10-11-1-2-11)29-19(27)9-18(26)13-5-14(23)8-15(24)6-13/h3-8,11,18-19H,1-2,9-10,26-27H2,(H2,28,29,30,31). The summed E-state index contributed by atoms with van der Waals surface area (Å²) in [4.78, 5) is 16.8. The van der Waals surface area contributed by atoms with E-state index in [2.05, 4.69) is 15.6 Å². The number of nitrogens with two attached hydrogens (primary N) is 2. The smallest absolute Gasteiger partial charge is 0.258 e. The first-order valence-corrected chi connectivity index (χ1v) is 10.1. The summed E-state index contributed by atoms with van der Waals surface area (Å²) < 4.78 is 40.5. The Balaban J connectivity index is 1.66. The summed E-state index contributed by atoms with van der Waals surface area (Å²) in [7, 11) is 0. The Morgan fingerprint density at radius 2 is 1.81 bits per heavy atom. The monoisotopic (exact) mass is 453 g/mol. The molecule has 1 aliphatic carbocycles. The van der Waals surface area contributed by atoms with Gasteiger partial charge >= 0.3 is 0 Å². The molecule has 166 valence electrons. The van der Waals surface area contributed by atoms with Gasteiger partial charge in [0.15, 0.2) is 5.96 Å². The minimum atomic E-state index is -0.776. The van der Waals surface area contributed by atoms with Crippen LogP contribution >= 0.6 is 11.6 Å². The van der Waals surface area contributed by atoms with Crippen molar-refractivity contribution in [3.05, 3.63) is 70.0 Å². The first-order chi connectivity index (χ1) is 14.7. The number of hydrogen-bond acceptors (Lipinski definition) is 4. The van der Waals surface area contributed by atoms with Crippen LogP contribution in [0.5, 0.6) is 0 Å². The van der Waals surface area contributed by atoms with Gasteiger partial charge in [-0.25, -0.2) is 13.2 Å². The topological polar surface area (TPSA) is 106 Å². The van der Waals surface area contributed by atoms with Crippen LogP contribution in [-0.2, 0) is 0 Å². The minimum absolute atomic E-state index is 0.0586. The van der Waals surface area contributed by atoms with E-state index in [-0.39, 0.29) is 28.5 Å². The quantitative estimate of drug-likeness (QED) is 0.293. The van der Waals surface area contributed by atoms with Crippen LogP contribution in [0.15, 0.2) is 41.4 Å². The van der Waals surface area contributed by atoms with Crippen LogP contribution in [-0.4, -0.2) is 24.6 Å². The highest BCUT2D eigenvalue weighted by atomic mass is 35.5. The number of nitrogens with one attached hydrogen (secondary N) is 2. The first-order valence-electron chi connectivity index (χ1n) is 9.76. The molecule has 1 amide bonds. The summed E-state index contributed by atoms with van der Waals surface area (Å²) >= 11 is 5.65. The normalized spacial score (nSPS) is 16.0. The molecule has 0 spiro atoms. The van der Waals surface area contributed by atoms with Crippen LogP contribution in [0, 0.1) is 23.4 Å². The van der Waals surface area contributed by atoms with Crippen LogP contribution in [0.1, 0.15) is 41.2 Å². The van der Waals surface area contributed by atoms with E-state index in [1.54, 1.807) is 0 Å². The summed E-state index contributed by atoms with van der Waals surface area (Å²) in [6.07, 6.45) is 1.43. The third-order valence-corrected chi connectivity index (χ3v) is 5.07. The number of rotatable bonds is 7. The molecule has 10 heteroatoms. The van der Waals surface area contributed by atoms with Crippen LogP contribution < -0.4 is 22.1 Å². The molecule has 6 N–H and O–H groups in total. The number of benzene rings is 2. The maximum absolute atomic E-state index is 13.7. The zero-order valence-electron chi connectivity index (χ0n) is 16.5. The molecule has 2 atom stereocenters. The Labute approximate surface area is 182 Å². The Hall–Kier alpha value is -2.62. The number of carbonyl (C=O) groups excluding carboxylic acids is 1. The van der Waals surface area contributed by atoms with Gasteiger partial charge in [0.2, 0.25) is 0 Å². The van der Waals surface area contributed by atoms with Crippen molar-refractivity contribution in [1.82, 2.24) is 10.6 Å². The second kappa shape index (κ2) is 10.1. The molecule has 2 aromatic carbocycles. The van der Waals surface area contributed by atoms with E-state index in [0.717, 1.165) is 37.1 Å². The number of nitrogens with zero attached hydrogens (tertiary/aromatic N) is 1. The molecule has 2 unspecified atom stereocenters. The fourth-order valence-electron chi connectivity index (χ4n) is 2.89. The van der Waals surface area contributed by atoms with Crippen LogP contribution in [0.2, 0.25) is 5.02 Å². The van der Waals surface area contributed by atoms with Gasteiger partial charge in [-0.2, -0.15) is 0 Å². The van der Waals surface area contributed by atoms with Crippen molar-refractivity contribution >= 4 is 23.5 Å². The molecule has 0 saturated heterocycles. The predicted molar refractivity (Wildman–Crippen MR) is 113 cm³/mol. The number of aliphatic imine (C=N–C) groups is 1. The summed E-state index contributed by atoms with van der Waals surface area (Å²) in [6.45, 7) is 0.492. The molecule has 31 heavy (non-hydrogen) atoms. The lowest BCUT2D eigenvalue weighted by atomic mass is 10.0. The largest absolute Gasteiger partial charge is 0.341 e. The van der Waals surface area contributed by atoms with Crippen molar-refractivity contribution in [1.29, 1.82) is 0 Å². The molecule has 6 nitrogen and oxygen atoms in total. The lowest BCUT2D eigenvalue weighted by Crippen LogP contribution is -2.50. The van der Waals surface area contributed by atoms with Gasteiger partial charge in [0.1, 0.15) is 17.5 Å². The van der Waals surface area contributed by atoms with Gasteiger partial charge in [-0.15, -0.1) is 0 Å². The number of hydrogen-bond donors (Lipinski definition) is 4. The summed E-state index contributed by atoms with van der Waals surface area (Å²) in [6, 6.07) is 5.96. The zero-order chi connectivity index (χ0) is 22.5. The number of carbonyl (C=O) groups is 1. The number of guanidine groups is 1. The molecular weight excluding hydrogens is 431 g/mol. The molecule has 2 aromatic rings. The van der Waals surface area contributed by atoms with Gasteiger partial charge in [-0.3, -0.25) is 15.1 Å². The molecule has 1 fully saturated rings. The molecule has 3 rings (SSSR count). The highest BCUT2D eigenvalue weighted by Crippen LogP contribution is 2.28. The average Bonchev–Trinajstić information content (AvgIpc) is 3.51. The summed E-state index contributed by atoms with van der Waals surface area (Å²) in [5.41, 5.74) is 12.4. The van der Waals surface area contributed by atoms with E-state index in [0.29, 0.717) is 12.5 Å². The highest BCUT2D eigenvalue weighted by molar-refractivity contribution is 6.30. The van der Waals surface area contributed by atoms with Gasteiger partial charge < -0.3 is 16.8 Å². The molecule has 0 heterocycles. The molecule has 0 radical (unpaired) electrons. The van der Waals surface area contributed by atoms with E-state index in [4.69, 9.17) is 23.1 Å². The summed E-state index contributed by atoms with van der Waals surface area (Å²) in [5.74, 6) is -2.24. The number of halogens is 4. The summed E-state index contributed by atoms with van der Waals surface area (Å²) in [5, 5.41) is 5.34. The molecule has 0 aromatic heterocycles. The predicted octanol–water partition coefficient (Wildman–Crippen LogP) is 3.22. The van der Waals surface area contributed by atoms with Gasteiger partial charge in [0.05, 0.1) is 11.2 Å². The second-order valence-corrected chi connectivity index (χ2v) is 7.92.